The molecule has 0 unspecified atom stereocenters. The molecule has 1 atom stereocenters. The van der Waals surface area contributed by atoms with E-state index in [0.29, 0.717) is 17.7 Å². The van der Waals surface area contributed by atoms with Crippen LogP contribution in [0.25, 0.3) is 0 Å². The summed E-state index contributed by atoms with van der Waals surface area (Å²) in [5.74, 6) is -0.0143. The Balaban J connectivity index is 2.31. The lowest BCUT2D eigenvalue weighted by atomic mass is 10.0. The van der Waals surface area contributed by atoms with E-state index in [1.54, 1.807) is 24.3 Å². The second-order valence-corrected chi connectivity index (χ2v) is 6.24. The summed E-state index contributed by atoms with van der Waals surface area (Å²) in [6.45, 7) is 4.78. The molecule has 0 aliphatic carbocycles. The summed E-state index contributed by atoms with van der Waals surface area (Å²) in [6, 6.07) is 16.8. The van der Waals surface area contributed by atoms with Gasteiger partial charge in [-0.15, -0.1) is 0 Å². The van der Waals surface area contributed by atoms with Crippen molar-refractivity contribution in [2.45, 2.75) is 26.3 Å². The average Bonchev–Trinajstić information content (AvgIpc) is 2.59. The molecule has 23 heavy (non-hydrogen) atoms. The van der Waals surface area contributed by atoms with Crippen molar-refractivity contribution < 1.29 is 4.79 Å². The number of amides is 1. The first-order valence-corrected chi connectivity index (χ1v) is 8.43. The maximum Gasteiger partial charge on any atom is 0.254 e. The molecule has 0 spiro atoms. The first-order valence-electron chi connectivity index (χ1n) is 7.64. The van der Waals surface area contributed by atoms with Gasteiger partial charge in [0.05, 0.1) is 17.7 Å². The van der Waals surface area contributed by atoms with E-state index in [1.807, 2.05) is 36.1 Å². The number of halogens is 1. The number of nitrogens with zero attached hydrogens (tertiary/aromatic N) is 2. The van der Waals surface area contributed by atoms with E-state index in [0.717, 1.165) is 16.5 Å². The third-order valence-corrected chi connectivity index (χ3v) is 4.53. The van der Waals surface area contributed by atoms with Crippen LogP contribution in [-0.4, -0.2) is 17.4 Å². The second-order valence-electron chi connectivity index (χ2n) is 5.39. The highest BCUT2D eigenvalue weighted by Crippen LogP contribution is 2.28. The van der Waals surface area contributed by atoms with Gasteiger partial charge in [-0.1, -0.05) is 41.1 Å². The van der Waals surface area contributed by atoms with E-state index in [9.17, 15) is 4.79 Å². The number of benzene rings is 2. The molecular formula is C19H19BrN2O. The normalized spacial score (nSPS) is 11.6. The Morgan fingerprint density at radius 1 is 1.22 bits per heavy atom. The Morgan fingerprint density at radius 3 is 2.43 bits per heavy atom. The molecule has 0 heterocycles. The van der Waals surface area contributed by atoms with Crippen LogP contribution in [0.15, 0.2) is 53.0 Å². The van der Waals surface area contributed by atoms with Crippen molar-refractivity contribution in [2.24, 2.45) is 0 Å². The maximum atomic E-state index is 12.9. The smallest absolute Gasteiger partial charge is 0.254 e. The monoisotopic (exact) mass is 370 g/mol. The largest absolute Gasteiger partial charge is 0.332 e. The molecule has 0 bridgehead atoms. The third-order valence-electron chi connectivity index (χ3n) is 3.81. The molecule has 2 aromatic rings. The molecule has 0 aliphatic rings. The highest BCUT2D eigenvalue weighted by Gasteiger charge is 2.23. The number of carbonyl (C=O) groups is 1. The van der Waals surface area contributed by atoms with E-state index in [-0.39, 0.29) is 11.9 Å². The van der Waals surface area contributed by atoms with Gasteiger partial charge in [-0.2, -0.15) is 5.26 Å². The summed E-state index contributed by atoms with van der Waals surface area (Å²) in [6.07, 6.45) is 0.886. The highest BCUT2D eigenvalue weighted by molar-refractivity contribution is 9.10. The van der Waals surface area contributed by atoms with E-state index >= 15 is 0 Å². The lowest BCUT2D eigenvalue weighted by Crippen LogP contribution is -2.34. The minimum Gasteiger partial charge on any atom is -0.332 e. The van der Waals surface area contributed by atoms with Crippen LogP contribution in [0.4, 0.5) is 0 Å². The fraction of sp³-hybridized carbons (Fsp3) is 0.263. The Bertz CT molecular complexity index is 719. The van der Waals surface area contributed by atoms with Crippen LogP contribution in [0.3, 0.4) is 0 Å². The minimum atomic E-state index is -0.0336. The van der Waals surface area contributed by atoms with Crippen molar-refractivity contribution in [3.63, 3.8) is 0 Å². The van der Waals surface area contributed by atoms with Gasteiger partial charge in [-0.05, 0) is 49.2 Å². The van der Waals surface area contributed by atoms with E-state index in [1.165, 1.54) is 0 Å². The summed E-state index contributed by atoms with van der Waals surface area (Å²) >= 11 is 3.57. The van der Waals surface area contributed by atoms with Crippen molar-refractivity contribution in [1.82, 2.24) is 4.90 Å². The van der Waals surface area contributed by atoms with Crippen molar-refractivity contribution >= 4 is 21.8 Å². The predicted molar refractivity (Wildman–Crippen MR) is 95.0 cm³/mol. The van der Waals surface area contributed by atoms with E-state index < -0.39 is 0 Å². The first-order chi connectivity index (χ1) is 11.1. The lowest BCUT2D eigenvalue weighted by molar-refractivity contribution is 0.0690. The van der Waals surface area contributed by atoms with E-state index in [2.05, 4.69) is 28.9 Å². The molecule has 118 valence electrons. The molecule has 0 radical (unpaired) electrons. The highest BCUT2D eigenvalue weighted by atomic mass is 79.9. The zero-order chi connectivity index (χ0) is 16.8. The maximum absolute atomic E-state index is 12.9. The molecule has 2 rings (SSSR count). The lowest BCUT2D eigenvalue weighted by Gasteiger charge is -2.30. The van der Waals surface area contributed by atoms with Crippen LogP contribution in [-0.2, 0) is 0 Å². The summed E-state index contributed by atoms with van der Waals surface area (Å²) in [5, 5.41) is 8.88. The van der Waals surface area contributed by atoms with E-state index in [4.69, 9.17) is 5.26 Å². The second kappa shape index (κ2) is 7.94. The van der Waals surface area contributed by atoms with Crippen molar-refractivity contribution in [3.8, 4) is 6.07 Å². The molecule has 2 aromatic carbocycles. The summed E-state index contributed by atoms with van der Waals surface area (Å²) < 4.78 is 1.00. The van der Waals surface area contributed by atoms with Crippen LogP contribution in [0.1, 0.15) is 47.8 Å². The third kappa shape index (κ3) is 4.00. The molecule has 0 saturated heterocycles. The number of nitriles is 1. The molecule has 0 aromatic heterocycles. The number of hydrogen-bond donors (Lipinski definition) is 0. The Labute approximate surface area is 145 Å². The summed E-state index contributed by atoms with van der Waals surface area (Å²) in [7, 11) is 0. The molecule has 1 amide bonds. The van der Waals surface area contributed by atoms with Crippen LogP contribution in [0.2, 0.25) is 0 Å². The van der Waals surface area contributed by atoms with Crippen molar-refractivity contribution in [2.75, 3.05) is 6.54 Å². The van der Waals surface area contributed by atoms with Gasteiger partial charge in [0.1, 0.15) is 0 Å². The summed E-state index contributed by atoms with van der Waals surface area (Å²) in [4.78, 5) is 14.8. The SMILES string of the molecule is CCCN(C(=O)c1ccc(C#N)cc1)[C@H](C)c1ccccc1Br. The molecule has 0 fully saturated rings. The fourth-order valence-electron chi connectivity index (χ4n) is 2.55. The van der Waals surface area contributed by atoms with Gasteiger partial charge < -0.3 is 4.90 Å². The van der Waals surface area contributed by atoms with Gasteiger partial charge in [0.25, 0.3) is 5.91 Å². The van der Waals surface area contributed by atoms with Gasteiger partial charge >= 0.3 is 0 Å². The number of rotatable bonds is 5. The minimum absolute atomic E-state index is 0.0143. The van der Waals surface area contributed by atoms with Gasteiger partial charge in [0.15, 0.2) is 0 Å². The molecule has 0 aliphatic heterocycles. The fourth-order valence-corrected chi connectivity index (χ4v) is 3.16. The topological polar surface area (TPSA) is 44.1 Å². The molecule has 0 N–H and O–H groups in total. The summed E-state index contributed by atoms with van der Waals surface area (Å²) in [5.41, 5.74) is 2.25. The first kappa shape index (κ1) is 17.2. The standard InChI is InChI=1S/C19H19BrN2O/c1-3-12-22(14(2)17-6-4-5-7-18(17)20)19(23)16-10-8-15(13-21)9-11-16/h4-11,14H,3,12H2,1-2H3/t14-/m1/s1. The van der Waals surface area contributed by atoms with Gasteiger partial charge in [-0.25, -0.2) is 0 Å². The van der Waals surface area contributed by atoms with Crippen LogP contribution in [0, 0.1) is 11.3 Å². The zero-order valence-electron chi connectivity index (χ0n) is 13.3. The average molecular weight is 371 g/mol. The zero-order valence-corrected chi connectivity index (χ0v) is 14.9. The molecule has 4 heteroatoms. The van der Waals surface area contributed by atoms with Gasteiger partial charge in [0.2, 0.25) is 0 Å². The Kier molecular flexibility index (Phi) is 5.95. The molecule has 3 nitrogen and oxygen atoms in total. The van der Waals surface area contributed by atoms with Crippen LogP contribution >= 0.6 is 15.9 Å². The van der Waals surface area contributed by atoms with Crippen LogP contribution < -0.4 is 0 Å². The molecule has 0 saturated carbocycles. The van der Waals surface area contributed by atoms with Crippen molar-refractivity contribution in [3.05, 3.63) is 69.7 Å². The van der Waals surface area contributed by atoms with Crippen LogP contribution in [0.5, 0.6) is 0 Å². The predicted octanol–water partition coefficient (Wildman–Crippen LogP) is 4.93. The van der Waals surface area contributed by atoms with Crippen molar-refractivity contribution in [1.29, 1.82) is 5.26 Å². The molecular weight excluding hydrogens is 352 g/mol. The Hall–Kier alpha value is -2.12. The van der Waals surface area contributed by atoms with Gasteiger partial charge in [0, 0.05) is 16.6 Å². The Morgan fingerprint density at radius 2 is 1.87 bits per heavy atom. The quantitative estimate of drug-likeness (QED) is 0.748. The number of hydrogen-bond acceptors (Lipinski definition) is 2. The van der Waals surface area contributed by atoms with Gasteiger partial charge in [-0.3, -0.25) is 4.79 Å². The number of carbonyl (C=O) groups excluding carboxylic acids is 1.